The lowest BCUT2D eigenvalue weighted by molar-refractivity contribution is 0.297. The van der Waals surface area contributed by atoms with E-state index in [1.807, 2.05) is 4.90 Å². The van der Waals surface area contributed by atoms with Crippen molar-refractivity contribution in [3.63, 3.8) is 0 Å². The molecule has 0 aliphatic carbocycles. The molecule has 2 aliphatic heterocycles. The zero-order valence-electron chi connectivity index (χ0n) is 12.7. The molecule has 0 spiro atoms. The molecule has 22 heavy (non-hydrogen) atoms. The molecule has 0 bridgehead atoms. The maximum absolute atomic E-state index is 12.5. The van der Waals surface area contributed by atoms with E-state index in [0.29, 0.717) is 17.9 Å². The van der Waals surface area contributed by atoms with Crippen LogP contribution in [0.15, 0.2) is 9.59 Å². The second kappa shape index (κ2) is 4.74. The highest BCUT2D eigenvalue weighted by Gasteiger charge is 2.50. The fourth-order valence-electron chi connectivity index (χ4n) is 3.77. The Morgan fingerprint density at radius 1 is 1.14 bits per heavy atom. The van der Waals surface area contributed by atoms with Gasteiger partial charge in [-0.3, -0.25) is 13.9 Å². The number of hydrogen-bond acceptors (Lipinski definition) is 5. The standard InChI is InChI=1S/C15H17N5O2/c1-18-12-10(13(21)19(2)14(18)22)7-15(8-16,9-17)11-5-3-4-6-20(11)12/h11H,3-7H2,1-2H3. The minimum Gasteiger partial charge on any atom is -0.352 e. The highest BCUT2D eigenvalue weighted by atomic mass is 16.2. The molecule has 1 atom stereocenters. The highest BCUT2D eigenvalue weighted by molar-refractivity contribution is 5.55. The molecule has 1 saturated heterocycles. The summed E-state index contributed by atoms with van der Waals surface area (Å²) in [5, 5.41) is 19.2. The molecule has 3 rings (SSSR count). The highest BCUT2D eigenvalue weighted by Crippen LogP contribution is 2.42. The van der Waals surface area contributed by atoms with Gasteiger partial charge in [0.15, 0.2) is 5.41 Å². The van der Waals surface area contributed by atoms with Gasteiger partial charge in [-0.2, -0.15) is 10.5 Å². The van der Waals surface area contributed by atoms with Crippen LogP contribution in [0.5, 0.6) is 0 Å². The number of aromatic nitrogens is 2. The maximum atomic E-state index is 12.5. The Labute approximate surface area is 127 Å². The summed E-state index contributed by atoms with van der Waals surface area (Å²) in [4.78, 5) is 26.6. The first kappa shape index (κ1) is 14.4. The minimum atomic E-state index is -1.23. The summed E-state index contributed by atoms with van der Waals surface area (Å²) in [5.41, 5.74) is -1.62. The first-order chi connectivity index (χ1) is 10.5. The zero-order valence-corrected chi connectivity index (χ0v) is 12.7. The molecule has 0 N–H and O–H groups in total. The van der Waals surface area contributed by atoms with Crippen molar-refractivity contribution in [3.8, 4) is 12.1 Å². The van der Waals surface area contributed by atoms with Gasteiger partial charge in [-0.25, -0.2) is 4.79 Å². The predicted octanol–water partition coefficient (Wildman–Crippen LogP) is 0.0326. The van der Waals surface area contributed by atoms with Crippen molar-refractivity contribution >= 4 is 5.82 Å². The van der Waals surface area contributed by atoms with Crippen LogP contribution in [0.3, 0.4) is 0 Å². The normalized spacial score (nSPS) is 22.2. The van der Waals surface area contributed by atoms with Gasteiger partial charge in [0, 0.05) is 27.1 Å². The number of rotatable bonds is 0. The molecule has 0 aromatic carbocycles. The first-order valence-electron chi connectivity index (χ1n) is 7.35. The fourth-order valence-corrected chi connectivity index (χ4v) is 3.77. The third kappa shape index (κ3) is 1.66. The van der Waals surface area contributed by atoms with Crippen molar-refractivity contribution < 1.29 is 0 Å². The number of piperidine rings is 1. The molecule has 0 radical (unpaired) electrons. The Morgan fingerprint density at radius 2 is 1.82 bits per heavy atom. The van der Waals surface area contributed by atoms with E-state index in [0.717, 1.165) is 23.8 Å². The summed E-state index contributed by atoms with van der Waals surface area (Å²) in [6, 6.07) is 4.04. The summed E-state index contributed by atoms with van der Waals surface area (Å²) in [7, 11) is 3.06. The number of anilines is 1. The molecule has 3 heterocycles. The minimum absolute atomic E-state index is 0.0806. The number of hydrogen-bond donors (Lipinski definition) is 0. The van der Waals surface area contributed by atoms with Crippen LogP contribution < -0.4 is 16.1 Å². The van der Waals surface area contributed by atoms with E-state index in [1.54, 1.807) is 7.05 Å². The number of nitrogens with zero attached hydrogens (tertiary/aromatic N) is 5. The SMILES string of the molecule is Cn1c2c(c(=O)n(C)c1=O)CC(C#N)(C#N)C1CCCCN21. The summed E-state index contributed by atoms with van der Waals surface area (Å²) in [6.07, 6.45) is 2.67. The summed E-state index contributed by atoms with van der Waals surface area (Å²) in [5.74, 6) is 0.582. The smallest absolute Gasteiger partial charge is 0.332 e. The van der Waals surface area contributed by atoms with Crippen LogP contribution in [0.2, 0.25) is 0 Å². The predicted molar refractivity (Wildman–Crippen MR) is 79.3 cm³/mol. The Morgan fingerprint density at radius 3 is 2.45 bits per heavy atom. The third-order valence-corrected chi connectivity index (χ3v) is 4.92. The van der Waals surface area contributed by atoms with Gasteiger partial charge in [0.1, 0.15) is 5.82 Å². The van der Waals surface area contributed by atoms with E-state index in [-0.39, 0.29) is 18.2 Å². The Bertz CT molecular complexity index is 822. The number of nitriles is 2. The Hall–Kier alpha value is -2.54. The lowest BCUT2D eigenvalue weighted by Gasteiger charge is -2.47. The Balaban J connectivity index is 2.36. The zero-order chi connectivity index (χ0) is 16.1. The van der Waals surface area contributed by atoms with E-state index in [2.05, 4.69) is 12.1 Å². The summed E-state index contributed by atoms with van der Waals surface area (Å²) >= 11 is 0. The molecule has 0 saturated carbocycles. The van der Waals surface area contributed by atoms with Crippen molar-refractivity contribution in [1.82, 2.24) is 9.13 Å². The molecule has 114 valence electrons. The van der Waals surface area contributed by atoms with Gasteiger partial charge >= 0.3 is 5.69 Å². The largest absolute Gasteiger partial charge is 0.352 e. The van der Waals surface area contributed by atoms with Gasteiger partial charge in [-0.05, 0) is 19.3 Å². The van der Waals surface area contributed by atoms with Gasteiger partial charge in [0.05, 0.1) is 23.7 Å². The molecule has 1 fully saturated rings. The second-order valence-corrected chi connectivity index (χ2v) is 6.08. The van der Waals surface area contributed by atoms with Crippen molar-refractivity contribution in [1.29, 1.82) is 10.5 Å². The molecule has 0 amide bonds. The van der Waals surface area contributed by atoms with E-state index in [9.17, 15) is 20.1 Å². The van der Waals surface area contributed by atoms with Gasteiger partial charge in [-0.15, -0.1) is 0 Å². The van der Waals surface area contributed by atoms with Gasteiger partial charge in [0.25, 0.3) is 5.56 Å². The average molecular weight is 299 g/mol. The van der Waals surface area contributed by atoms with E-state index in [4.69, 9.17) is 0 Å². The average Bonchev–Trinajstić information content (AvgIpc) is 2.56. The summed E-state index contributed by atoms with van der Waals surface area (Å²) in [6.45, 7) is 0.656. The molecule has 1 aromatic rings. The third-order valence-electron chi connectivity index (χ3n) is 4.92. The van der Waals surface area contributed by atoms with Crippen LogP contribution in [-0.2, 0) is 20.5 Å². The monoisotopic (exact) mass is 299 g/mol. The van der Waals surface area contributed by atoms with Crippen LogP contribution in [0.4, 0.5) is 5.82 Å². The van der Waals surface area contributed by atoms with Crippen LogP contribution >= 0.6 is 0 Å². The van der Waals surface area contributed by atoms with Crippen LogP contribution in [0.1, 0.15) is 24.8 Å². The second-order valence-electron chi connectivity index (χ2n) is 6.08. The van der Waals surface area contributed by atoms with Gasteiger partial charge < -0.3 is 4.90 Å². The summed E-state index contributed by atoms with van der Waals surface area (Å²) < 4.78 is 2.51. The molecule has 7 nitrogen and oxygen atoms in total. The van der Waals surface area contributed by atoms with Crippen molar-refractivity contribution in [3.05, 3.63) is 26.4 Å². The van der Waals surface area contributed by atoms with Crippen molar-refractivity contribution in [2.75, 3.05) is 11.4 Å². The lowest BCUT2D eigenvalue weighted by Crippen LogP contribution is -2.58. The van der Waals surface area contributed by atoms with Crippen LogP contribution in [0, 0.1) is 28.1 Å². The van der Waals surface area contributed by atoms with Crippen LogP contribution in [-0.4, -0.2) is 21.7 Å². The quantitative estimate of drug-likeness (QED) is 0.673. The van der Waals surface area contributed by atoms with Crippen molar-refractivity contribution in [2.24, 2.45) is 19.5 Å². The maximum Gasteiger partial charge on any atom is 0.332 e. The topological polar surface area (TPSA) is 94.8 Å². The lowest BCUT2D eigenvalue weighted by atomic mass is 9.71. The Kier molecular flexibility index (Phi) is 3.10. The first-order valence-corrected chi connectivity index (χ1v) is 7.35. The van der Waals surface area contributed by atoms with Gasteiger partial charge in [-0.1, -0.05) is 0 Å². The molecule has 7 heteroatoms. The fraction of sp³-hybridized carbons (Fsp3) is 0.600. The molecule has 1 aromatic heterocycles. The van der Waals surface area contributed by atoms with Crippen LogP contribution in [0.25, 0.3) is 0 Å². The molecular weight excluding hydrogens is 282 g/mol. The molecular formula is C15H17N5O2. The van der Waals surface area contributed by atoms with E-state index >= 15 is 0 Å². The molecule has 2 aliphatic rings. The van der Waals surface area contributed by atoms with E-state index in [1.165, 1.54) is 11.6 Å². The van der Waals surface area contributed by atoms with Crippen molar-refractivity contribution in [2.45, 2.75) is 31.7 Å². The number of fused-ring (bicyclic) bond motifs is 3. The van der Waals surface area contributed by atoms with E-state index < -0.39 is 11.0 Å². The molecule has 1 unspecified atom stereocenters. The van der Waals surface area contributed by atoms with Gasteiger partial charge in [0.2, 0.25) is 0 Å².